The van der Waals surface area contributed by atoms with Gasteiger partial charge in [0.15, 0.2) is 0 Å². The Labute approximate surface area is 183 Å². The van der Waals surface area contributed by atoms with Crippen LogP contribution in [0.25, 0.3) is 0 Å². The van der Waals surface area contributed by atoms with Crippen molar-refractivity contribution in [3.63, 3.8) is 0 Å². The second kappa shape index (κ2) is 11.3. The van der Waals surface area contributed by atoms with Crippen molar-refractivity contribution in [1.29, 1.82) is 0 Å². The fourth-order valence-electron chi connectivity index (χ4n) is 4.11. The summed E-state index contributed by atoms with van der Waals surface area (Å²) in [7, 11) is -3.87. The van der Waals surface area contributed by atoms with Crippen LogP contribution < -0.4 is 10.0 Å². The smallest absolute Gasteiger partial charge is 0.240 e. The predicted molar refractivity (Wildman–Crippen MR) is 113 cm³/mol. The molecule has 8 nitrogen and oxygen atoms in total. The number of aliphatic hydroxyl groups excluding tert-OH is 1. The molecule has 0 radical (unpaired) electrons. The number of hydrogen-bond acceptors (Lipinski definition) is 6. The molecule has 2 heterocycles. The van der Waals surface area contributed by atoms with Crippen LogP contribution in [0.1, 0.15) is 38.5 Å². The molecule has 1 amide bonds. The molecule has 0 aromatic heterocycles. The summed E-state index contributed by atoms with van der Waals surface area (Å²) < 4.78 is 46.5. The van der Waals surface area contributed by atoms with Gasteiger partial charge in [-0.2, -0.15) is 0 Å². The number of halogens is 1. The lowest BCUT2D eigenvalue weighted by molar-refractivity contribution is -0.130. The number of sulfonamides is 1. The van der Waals surface area contributed by atoms with E-state index in [0.717, 1.165) is 31.8 Å². The molecule has 0 unspecified atom stereocenters. The number of amides is 1. The molecule has 10 heteroatoms. The van der Waals surface area contributed by atoms with Gasteiger partial charge in [-0.15, -0.1) is 0 Å². The largest absolute Gasteiger partial charge is 0.394 e. The van der Waals surface area contributed by atoms with Gasteiger partial charge >= 0.3 is 0 Å². The van der Waals surface area contributed by atoms with Crippen LogP contribution in [0.5, 0.6) is 0 Å². The third-order valence-corrected chi connectivity index (χ3v) is 7.34. The molecule has 1 aromatic rings. The fourth-order valence-corrected chi connectivity index (χ4v) is 5.41. The molecular weight excluding hydrogens is 425 g/mol. The lowest BCUT2D eigenvalue weighted by atomic mass is 9.98. The van der Waals surface area contributed by atoms with Crippen molar-refractivity contribution < 1.29 is 27.4 Å². The van der Waals surface area contributed by atoms with E-state index in [9.17, 15) is 22.7 Å². The van der Waals surface area contributed by atoms with Crippen molar-refractivity contribution in [3.8, 4) is 0 Å². The van der Waals surface area contributed by atoms with E-state index < -0.39 is 28.0 Å². The first-order valence-corrected chi connectivity index (χ1v) is 12.4. The van der Waals surface area contributed by atoms with Crippen LogP contribution in [0.4, 0.5) is 4.39 Å². The minimum absolute atomic E-state index is 0.0548. The van der Waals surface area contributed by atoms with Gasteiger partial charge in [0.2, 0.25) is 15.9 Å². The molecule has 0 spiro atoms. The molecule has 3 rings (SSSR count). The average Bonchev–Trinajstić information content (AvgIpc) is 2.75. The summed E-state index contributed by atoms with van der Waals surface area (Å²) in [6.45, 7) is 3.21. The number of nitrogens with zero attached hydrogens (tertiary/aromatic N) is 1. The minimum Gasteiger partial charge on any atom is -0.394 e. The Morgan fingerprint density at radius 1 is 1.16 bits per heavy atom. The number of carbonyl (C=O) groups is 1. The first-order chi connectivity index (χ1) is 14.9. The second-order valence-electron chi connectivity index (χ2n) is 8.19. The third-order valence-electron chi connectivity index (χ3n) is 5.84. The summed E-state index contributed by atoms with van der Waals surface area (Å²) in [4.78, 5) is 14.5. The Morgan fingerprint density at radius 2 is 1.87 bits per heavy atom. The molecule has 2 aliphatic heterocycles. The van der Waals surface area contributed by atoms with Crippen molar-refractivity contribution in [1.82, 2.24) is 14.9 Å². The van der Waals surface area contributed by atoms with Gasteiger partial charge in [-0.1, -0.05) is 6.42 Å². The van der Waals surface area contributed by atoms with Crippen molar-refractivity contribution in [2.45, 2.75) is 61.7 Å². The van der Waals surface area contributed by atoms with Crippen LogP contribution in [-0.2, 0) is 19.6 Å². The van der Waals surface area contributed by atoms with Crippen LogP contribution >= 0.6 is 0 Å². The number of carbonyl (C=O) groups excluding carboxylic acids is 1. The monoisotopic (exact) mass is 457 g/mol. The van der Waals surface area contributed by atoms with Crippen LogP contribution in [0.3, 0.4) is 0 Å². The number of ether oxygens (including phenoxy) is 1. The van der Waals surface area contributed by atoms with Gasteiger partial charge in [0, 0.05) is 13.1 Å². The Morgan fingerprint density at radius 3 is 2.55 bits per heavy atom. The van der Waals surface area contributed by atoms with Gasteiger partial charge in [0.1, 0.15) is 5.82 Å². The van der Waals surface area contributed by atoms with Gasteiger partial charge < -0.3 is 20.1 Å². The van der Waals surface area contributed by atoms with E-state index in [1.54, 1.807) is 0 Å². The normalized spacial score (nSPS) is 25.3. The molecule has 174 valence electrons. The van der Waals surface area contributed by atoms with Gasteiger partial charge in [-0.05, 0) is 63.0 Å². The molecule has 2 fully saturated rings. The zero-order valence-electron chi connectivity index (χ0n) is 17.6. The van der Waals surface area contributed by atoms with Gasteiger partial charge in [-0.3, -0.25) is 4.79 Å². The van der Waals surface area contributed by atoms with Crippen LogP contribution in [0, 0.1) is 5.82 Å². The maximum absolute atomic E-state index is 13.1. The molecule has 0 bridgehead atoms. The Hall–Kier alpha value is -1.59. The summed E-state index contributed by atoms with van der Waals surface area (Å²) >= 11 is 0. The summed E-state index contributed by atoms with van der Waals surface area (Å²) in [6.07, 6.45) is 3.65. The van der Waals surface area contributed by atoms with Crippen molar-refractivity contribution in [2.24, 2.45) is 0 Å². The van der Waals surface area contributed by atoms with Crippen LogP contribution in [0.15, 0.2) is 29.2 Å². The van der Waals surface area contributed by atoms with Gasteiger partial charge in [-0.25, -0.2) is 17.5 Å². The highest BCUT2D eigenvalue weighted by atomic mass is 32.2. The van der Waals surface area contributed by atoms with Gasteiger partial charge in [0.25, 0.3) is 0 Å². The van der Waals surface area contributed by atoms with Gasteiger partial charge in [0.05, 0.1) is 36.2 Å². The molecule has 2 saturated heterocycles. The quantitative estimate of drug-likeness (QED) is 0.511. The van der Waals surface area contributed by atoms with E-state index in [0.29, 0.717) is 19.4 Å². The van der Waals surface area contributed by atoms with E-state index in [1.807, 2.05) is 0 Å². The molecule has 2 aliphatic rings. The number of likely N-dealkylation sites (tertiary alicyclic amines) is 1. The summed E-state index contributed by atoms with van der Waals surface area (Å²) in [5.74, 6) is -0.630. The van der Waals surface area contributed by atoms with Crippen LogP contribution in [-0.4, -0.2) is 75.4 Å². The molecule has 3 N–H and O–H groups in total. The highest BCUT2D eigenvalue weighted by Crippen LogP contribution is 2.23. The Balaban J connectivity index is 1.45. The van der Waals surface area contributed by atoms with E-state index >= 15 is 0 Å². The topological polar surface area (TPSA) is 108 Å². The second-order valence-corrected chi connectivity index (χ2v) is 9.91. The number of hydrogen-bond donors (Lipinski definition) is 3. The number of nitrogens with one attached hydrogen (secondary N) is 2. The Bertz CT molecular complexity index is 815. The number of rotatable bonds is 9. The number of benzene rings is 1. The minimum atomic E-state index is -3.87. The first-order valence-electron chi connectivity index (χ1n) is 10.9. The molecule has 3 atom stereocenters. The summed E-state index contributed by atoms with van der Waals surface area (Å²) in [5, 5.41) is 12.6. The highest BCUT2D eigenvalue weighted by molar-refractivity contribution is 7.89. The van der Waals surface area contributed by atoms with Crippen LogP contribution in [0.2, 0.25) is 0 Å². The number of piperidine rings is 1. The molecule has 1 aromatic carbocycles. The molecule has 0 saturated carbocycles. The maximum Gasteiger partial charge on any atom is 0.240 e. The summed E-state index contributed by atoms with van der Waals surface area (Å²) in [6, 6.07) is 3.90. The van der Waals surface area contributed by atoms with E-state index in [1.165, 1.54) is 31.4 Å². The van der Waals surface area contributed by atoms with Crippen molar-refractivity contribution in [2.75, 3.05) is 32.8 Å². The summed E-state index contributed by atoms with van der Waals surface area (Å²) in [5.41, 5.74) is 0. The first kappa shape index (κ1) is 24.1. The number of aliphatic hydroxyl groups is 1. The fraction of sp³-hybridized carbons (Fsp3) is 0.667. The highest BCUT2D eigenvalue weighted by Gasteiger charge is 2.34. The van der Waals surface area contributed by atoms with Crippen molar-refractivity contribution in [3.05, 3.63) is 30.1 Å². The van der Waals surface area contributed by atoms with E-state index in [2.05, 4.69) is 14.9 Å². The SMILES string of the molecule is O=C(C[C@@H]1CC[C@H](NS(=O)(=O)c2ccc(F)cc2)[C@H](CO)O1)NCCN1CCCCC1. The third kappa shape index (κ3) is 7.21. The Kier molecular flexibility index (Phi) is 8.79. The lowest BCUT2D eigenvalue weighted by Gasteiger charge is -2.35. The standard InChI is InChI=1S/C21H32FN3O5S/c22-16-4-7-18(8-5-16)31(28,29)24-19-9-6-17(30-20(19)15-26)14-21(27)23-10-13-25-11-2-1-3-12-25/h4-5,7-8,17,19-20,24,26H,1-3,6,9-15H2,(H,23,27)/t17-,19-,20-/m0/s1. The van der Waals surface area contributed by atoms with Crippen molar-refractivity contribution >= 4 is 15.9 Å². The molecule has 0 aliphatic carbocycles. The molecular formula is C21H32FN3O5S. The maximum atomic E-state index is 13.1. The van der Waals surface area contributed by atoms with E-state index in [4.69, 9.17) is 4.74 Å². The molecule has 31 heavy (non-hydrogen) atoms. The average molecular weight is 458 g/mol. The van der Waals surface area contributed by atoms with E-state index in [-0.39, 0.29) is 29.9 Å². The predicted octanol–water partition coefficient (Wildman–Crippen LogP) is 1.00. The zero-order valence-corrected chi connectivity index (χ0v) is 18.4. The lowest BCUT2D eigenvalue weighted by Crippen LogP contribution is -2.51. The zero-order chi connectivity index (χ0) is 22.3.